The van der Waals surface area contributed by atoms with Crippen molar-refractivity contribution in [3.63, 3.8) is 0 Å². The normalized spacial score (nSPS) is 12.3. The van der Waals surface area contributed by atoms with E-state index < -0.39 is 0 Å². The Morgan fingerprint density at radius 1 is 1.27 bits per heavy atom. The van der Waals surface area contributed by atoms with Gasteiger partial charge < -0.3 is 5.73 Å². The van der Waals surface area contributed by atoms with Gasteiger partial charge in [0.2, 0.25) is 0 Å². The average molecular weight is 207 g/mol. The molecule has 0 bridgehead atoms. The maximum absolute atomic E-state index is 12.6. The van der Waals surface area contributed by atoms with E-state index in [0.717, 1.165) is 12.0 Å². The lowest BCUT2D eigenvalue weighted by atomic mass is 9.88. The summed E-state index contributed by atoms with van der Waals surface area (Å²) < 4.78 is 12.6. The molecular formula is C13H18FN. The van der Waals surface area contributed by atoms with E-state index in [1.807, 2.05) is 6.08 Å². The van der Waals surface area contributed by atoms with E-state index in [9.17, 15) is 4.39 Å². The molecule has 0 radical (unpaired) electrons. The minimum atomic E-state index is -0.201. The molecule has 0 aliphatic heterocycles. The van der Waals surface area contributed by atoms with Crippen LogP contribution in [0.1, 0.15) is 25.8 Å². The Labute approximate surface area is 90.8 Å². The first-order chi connectivity index (χ1) is 7.03. The molecule has 0 unspecified atom stereocenters. The molecule has 2 heteroatoms. The summed E-state index contributed by atoms with van der Waals surface area (Å²) in [5.41, 5.74) is 6.64. The van der Waals surface area contributed by atoms with Crippen molar-refractivity contribution in [2.45, 2.75) is 20.3 Å². The third kappa shape index (κ3) is 4.26. The molecule has 0 spiro atoms. The van der Waals surface area contributed by atoms with E-state index in [-0.39, 0.29) is 11.2 Å². The van der Waals surface area contributed by atoms with Gasteiger partial charge in [-0.1, -0.05) is 38.1 Å². The second-order valence-corrected chi connectivity index (χ2v) is 4.41. The molecule has 0 amide bonds. The van der Waals surface area contributed by atoms with Crippen LogP contribution >= 0.6 is 0 Å². The highest BCUT2D eigenvalue weighted by molar-refractivity contribution is 5.49. The monoisotopic (exact) mass is 207 g/mol. The highest BCUT2D eigenvalue weighted by Crippen LogP contribution is 2.22. The van der Waals surface area contributed by atoms with Crippen molar-refractivity contribution in [3.05, 3.63) is 41.7 Å². The van der Waals surface area contributed by atoms with Crippen LogP contribution in [0.15, 0.2) is 30.3 Å². The van der Waals surface area contributed by atoms with Gasteiger partial charge in [0, 0.05) is 0 Å². The number of halogens is 1. The fourth-order valence-electron chi connectivity index (χ4n) is 1.35. The van der Waals surface area contributed by atoms with Gasteiger partial charge in [0.25, 0.3) is 0 Å². The molecule has 1 rings (SSSR count). The molecule has 2 N–H and O–H groups in total. The van der Waals surface area contributed by atoms with Crippen LogP contribution in [0.3, 0.4) is 0 Å². The van der Waals surface area contributed by atoms with Gasteiger partial charge in [0.15, 0.2) is 0 Å². The molecule has 1 aromatic carbocycles. The molecule has 82 valence electrons. The summed E-state index contributed by atoms with van der Waals surface area (Å²) in [5.74, 6) is -0.201. The first-order valence-corrected chi connectivity index (χ1v) is 5.18. The van der Waals surface area contributed by atoms with E-state index in [1.165, 1.54) is 12.1 Å². The topological polar surface area (TPSA) is 26.0 Å². The molecule has 0 heterocycles. The van der Waals surface area contributed by atoms with Crippen molar-refractivity contribution in [2.24, 2.45) is 11.1 Å². The van der Waals surface area contributed by atoms with Crippen LogP contribution in [-0.4, -0.2) is 6.54 Å². The first kappa shape index (κ1) is 11.9. The fourth-order valence-corrected chi connectivity index (χ4v) is 1.35. The molecule has 0 saturated heterocycles. The number of hydrogen-bond donors (Lipinski definition) is 1. The third-order valence-corrected chi connectivity index (χ3v) is 2.39. The van der Waals surface area contributed by atoms with Crippen molar-refractivity contribution in [1.82, 2.24) is 0 Å². The highest BCUT2D eigenvalue weighted by Gasteiger charge is 2.11. The van der Waals surface area contributed by atoms with Crippen LogP contribution in [0, 0.1) is 11.2 Å². The predicted molar refractivity (Wildman–Crippen MR) is 62.9 cm³/mol. The van der Waals surface area contributed by atoms with Crippen molar-refractivity contribution >= 4 is 6.08 Å². The standard InChI is InChI=1S/C13H18FN/c1-13(2,9-10-15)8-7-11-3-5-12(14)6-4-11/h3-8H,9-10,15H2,1-2H3/b8-7+. The van der Waals surface area contributed by atoms with E-state index in [1.54, 1.807) is 12.1 Å². The lowest BCUT2D eigenvalue weighted by molar-refractivity contribution is 0.448. The molecule has 0 fully saturated rings. The fraction of sp³-hybridized carbons (Fsp3) is 0.385. The lowest BCUT2D eigenvalue weighted by Crippen LogP contribution is -2.13. The van der Waals surface area contributed by atoms with Gasteiger partial charge in [0.05, 0.1) is 0 Å². The largest absolute Gasteiger partial charge is 0.330 e. The van der Waals surface area contributed by atoms with E-state index >= 15 is 0 Å². The van der Waals surface area contributed by atoms with Gasteiger partial charge >= 0.3 is 0 Å². The van der Waals surface area contributed by atoms with Gasteiger partial charge in [0.1, 0.15) is 5.82 Å². The SMILES string of the molecule is CC(C)(/C=C/c1ccc(F)cc1)CCN. The molecule has 15 heavy (non-hydrogen) atoms. The van der Waals surface area contributed by atoms with E-state index in [4.69, 9.17) is 5.73 Å². The van der Waals surface area contributed by atoms with Crippen LogP contribution < -0.4 is 5.73 Å². The molecule has 1 nitrogen and oxygen atoms in total. The van der Waals surface area contributed by atoms with Crippen LogP contribution in [0.4, 0.5) is 4.39 Å². The summed E-state index contributed by atoms with van der Waals surface area (Å²) in [6, 6.07) is 6.47. The summed E-state index contributed by atoms with van der Waals surface area (Å²) in [7, 11) is 0. The van der Waals surface area contributed by atoms with Crippen molar-refractivity contribution in [1.29, 1.82) is 0 Å². The Bertz CT molecular complexity index is 325. The summed E-state index contributed by atoms with van der Waals surface area (Å²) >= 11 is 0. The number of rotatable bonds is 4. The zero-order chi connectivity index (χ0) is 11.3. The number of nitrogens with two attached hydrogens (primary N) is 1. The maximum atomic E-state index is 12.6. The van der Waals surface area contributed by atoms with E-state index in [0.29, 0.717) is 6.54 Å². The van der Waals surface area contributed by atoms with Gasteiger partial charge in [-0.25, -0.2) is 4.39 Å². The number of allylic oxidation sites excluding steroid dienone is 1. The second kappa shape index (κ2) is 5.08. The quantitative estimate of drug-likeness (QED) is 0.806. The van der Waals surface area contributed by atoms with E-state index in [2.05, 4.69) is 19.9 Å². The lowest BCUT2D eigenvalue weighted by Gasteiger charge is -2.18. The zero-order valence-electron chi connectivity index (χ0n) is 9.33. The van der Waals surface area contributed by atoms with Gasteiger partial charge in [-0.05, 0) is 36.1 Å². The Morgan fingerprint density at radius 3 is 2.40 bits per heavy atom. The number of benzene rings is 1. The summed E-state index contributed by atoms with van der Waals surface area (Å²) in [4.78, 5) is 0. The minimum absolute atomic E-state index is 0.100. The van der Waals surface area contributed by atoms with Crippen molar-refractivity contribution < 1.29 is 4.39 Å². The molecule has 1 aromatic rings. The Hall–Kier alpha value is -1.15. The summed E-state index contributed by atoms with van der Waals surface area (Å²) in [5, 5.41) is 0. The molecule has 0 aliphatic rings. The Balaban J connectivity index is 2.68. The number of hydrogen-bond acceptors (Lipinski definition) is 1. The molecular weight excluding hydrogens is 189 g/mol. The Kier molecular flexibility index (Phi) is 4.04. The van der Waals surface area contributed by atoms with Crippen molar-refractivity contribution in [3.8, 4) is 0 Å². The molecule has 0 saturated carbocycles. The summed E-state index contributed by atoms with van der Waals surface area (Å²) in [6.45, 7) is 4.96. The first-order valence-electron chi connectivity index (χ1n) is 5.18. The van der Waals surface area contributed by atoms with Crippen LogP contribution in [-0.2, 0) is 0 Å². The summed E-state index contributed by atoms with van der Waals surface area (Å²) in [6.07, 6.45) is 5.08. The predicted octanol–water partition coefficient (Wildman–Crippen LogP) is 3.21. The van der Waals surface area contributed by atoms with Gasteiger partial charge in [-0.3, -0.25) is 0 Å². The molecule has 0 aliphatic carbocycles. The van der Waals surface area contributed by atoms with Crippen LogP contribution in [0.2, 0.25) is 0 Å². The maximum Gasteiger partial charge on any atom is 0.123 e. The van der Waals surface area contributed by atoms with Gasteiger partial charge in [-0.2, -0.15) is 0 Å². The second-order valence-electron chi connectivity index (χ2n) is 4.41. The molecule has 0 atom stereocenters. The molecule has 0 aromatic heterocycles. The zero-order valence-corrected chi connectivity index (χ0v) is 9.33. The third-order valence-electron chi connectivity index (χ3n) is 2.39. The van der Waals surface area contributed by atoms with Crippen molar-refractivity contribution in [2.75, 3.05) is 6.54 Å². The van der Waals surface area contributed by atoms with Crippen LogP contribution in [0.5, 0.6) is 0 Å². The van der Waals surface area contributed by atoms with Gasteiger partial charge in [-0.15, -0.1) is 0 Å². The smallest absolute Gasteiger partial charge is 0.123 e. The highest BCUT2D eigenvalue weighted by atomic mass is 19.1. The Morgan fingerprint density at radius 2 is 1.87 bits per heavy atom. The minimum Gasteiger partial charge on any atom is -0.330 e. The average Bonchev–Trinajstić information content (AvgIpc) is 2.17. The van der Waals surface area contributed by atoms with Crippen LogP contribution in [0.25, 0.3) is 6.08 Å².